The summed E-state index contributed by atoms with van der Waals surface area (Å²) in [6, 6.07) is 0. The van der Waals surface area contributed by atoms with Gasteiger partial charge in [-0.25, -0.2) is 4.79 Å². The van der Waals surface area contributed by atoms with Crippen molar-refractivity contribution >= 4 is 12.8 Å². The minimum Gasteiger partial charge on any atom is -0.478 e. The first kappa shape index (κ1) is 15.9. The molecule has 10 heavy (non-hydrogen) atoms. The van der Waals surface area contributed by atoms with Crippen LogP contribution < -0.4 is 0 Å². The van der Waals surface area contributed by atoms with Crippen molar-refractivity contribution in [2.24, 2.45) is 0 Å². The quantitative estimate of drug-likeness (QED) is 0.570. The zero-order chi connectivity index (χ0) is 8.99. The van der Waals surface area contributed by atoms with E-state index in [1.165, 1.54) is 6.42 Å². The van der Waals surface area contributed by atoms with Gasteiger partial charge in [0, 0.05) is 6.08 Å². The largest absolute Gasteiger partial charge is 0.478 e. The summed E-state index contributed by atoms with van der Waals surface area (Å²) in [6.07, 6.45) is 2.08. The van der Waals surface area contributed by atoms with Crippen LogP contribution in [0.1, 0.15) is 20.3 Å². The van der Waals surface area contributed by atoms with E-state index in [1.807, 2.05) is 6.79 Å². The van der Waals surface area contributed by atoms with Crippen molar-refractivity contribution in [2.45, 2.75) is 20.3 Å². The van der Waals surface area contributed by atoms with Crippen molar-refractivity contribution in [3.63, 3.8) is 0 Å². The molecule has 3 nitrogen and oxygen atoms in total. The summed E-state index contributed by atoms with van der Waals surface area (Å²) in [5.74, 6) is -0.981. The molecule has 0 aromatic heterocycles. The third kappa shape index (κ3) is 307. The molecule has 0 unspecified atom stereocenters. The summed E-state index contributed by atoms with van der Waals surface area (Å²) in [6.45, 7) is 9.21. The van der Waals surface area contributed by atoms with E-state index >= 15 is 0 Å². The molecule has 0 aliphatic carbocycles. The van der Waals surface area contributed by atoms with Gasteiger partial charge in [-0.1, -0.05) is 26.8 Å². The first-order valence-electron chi connectivity index (χ1n) is 2.83. The molecule has 1 N–H and O–H groups in total. The smallest absolute Gasteiger partial charge is 0.327 e. The first-order valence-corrected chi connectivity index (χ1v) is 2.83. The van der Waals surface area contributed by atoms with Gasteiger partial charge in [0.1, 0.15) is 6.79 Å². The summed E-state index contributed by atoms with van der Waals surface area (Å²) in [5, 5.41) is 7.60. The second-order valence-corrected chi connectivity index (χ2v) is 1.25. The van der Waals surface area contributed by atoms with Crippen molar-refractivity contribution in [1.82, 2.24) is 0 Å². The lowest BCUT2D eigenvalue weighted by atomic mass is 10.6. The second-order valence-electron chi connectivity index (χ2n) is 1.25. The topological polar surface area (TPSA) is 54.4 Å². The van der Waals surface area contributed by atoms with Gasteiger partial charge >= 0.3 is 5.97 Å². The number of carboxylic acids is 1. The van der Waals surface area contributed by atoms with Gasteiger partial charge in [-0.15, -0.1) is 0 Å². The van der Waals surface area contributed by atoms with Gasteiger partial charge in [0.05, 0.1) is 0 Å². The Morgan fingerprint density at radius 1 is 1.50 bits per heavy atom. The van der Waals surface area contributed by atoms with Crippen molar-refractivity contribution in [3.8, 4) is 0 Å². The Hall–Kier alpha value is -1.12. The molecule has 0 heterocycles. The fraction of sp³-hybridized carbons (Fsp3) is 0.429. The Bertz CT molecular complexity index is 78.9. The predicted octanol–water partition coefficient (Wildman–Crippen LogP) is 1.49. The lowest BCUT2D eigenvalue weighted by Gasteiger charge is -1.64. The zero-order valence-electron chi connectivity index (χ0n) is 6.46. The molecule has 0 fully saturated rings. The van der Waals surface area contributed by atoms with Crippen LogP contribution in [0.3, 0.4) is 0 Å². The zero-order valence-corrected chi connectivity index (χ0v) is 6.46. The number of aliphatic carboxylic acids is 1. The van der Waals surface area contributed by atoms with Crippen LogP contribution in [0.2, 0.25) is 0 Å². The molecule has 0 saturated carbocycles. The van der Waals surface area contributed by atoms with Crippen LogP contribution in [0.4, 0.5) is 0 Å². The molecule has 0 radical (unpaired) electrons. The molecule has 60 valence electrons. The van der Waals surface area contributed by atoms with Gasteiger partial charge in [-0.2, -0.15) is 0 Å². The predicted molar refractivity (Wildman–Crippen MR) is 40.9 cm³/mol. The van der Waals surface area contributed by atoms with Crippen LogP contribution in [0, 0.1) is 0 Å². The Morgan fingerprint density at radius 3 is 1.60 bits per heavy atom. The Kier molecular flexibility index (Phi) is 39.5. The SMILES string of the molecule is C=CC(=O)O.C=O.CCC. The van der Waals surface area contributed by atoms with E-state index in [0.717, 1.165) is 6.08 Å². The molecule has 0 aromatic carbocycles. The summed E-state index contributed by atoms with van der Waals surface area (Å²) in [7, 11) is 0. The minimum absolute atomic E-state index is 0.833. The van der Waals surface area contributed by atoms with Crippen molar-refractivity contribution in [3.05, 3.63) is 12.7 Å². The third-order valence-corrected chi connectivity index (χ3v) is 0.175. The van der Waals surface area contributed by atoms with Crippen molar-refractivity contribution in [1.29, 1.82) is 0 Å². The fourth-order valence-corrected chi connectivity index (χ4v) is 0. The highest BCUT2D eigenvalue weighted by Gasteiger charge is 1.73. The van der Waals surface area contributed by atoms with E-state index < -0.39 is 5.97 Å². The van der Waals surface area contributed by atoms with E-state index in [0.29, 0.717) is 0 Å². The van der Waals surface area contributed by atoms with E-state index in [-0.39, 0.29) is 0 Å². The van der Waals surface area contributed by atoms with Crippen LogP contribution in [-0.4, -0.2) is 17.9 Å². The van der Waals surface area contributed by atoms with Gasteiger partial charge in [0.2, 0.25) is 0 Å². The molecule has 0 saturated heterocycles. The third-order valence-electron chi connectivity index (χ3n) is 0.175. The summed E-state index contributed by atoms with van der Waals surface area (Å²) in [4.78, 5) is 17.2. The molecule has 0 aromatic rings. The van der Waals surface area contributed by atoms with Crippen LogP contribution in [-0.2, 0) is 9.59 Å². The van der Waals surface area contributed by atoms with E-state index in [1.54, 1.807) is 0 Å². The van der Waals surface area contributed by atoms with E-state index in [2.05, 4.69) is 20.4 Å². The molecule has 0 bridgehead atoms. The first-order chi connectivity index (χ1) is 4.68. The van der Waals surface area contributed by atoms with Crippen LogP contribution >= 0.6 is 0 Å². The summed E-state index contributed by atoms with van der Waals surface area (Å²) in [5.41, 5.74) is 0. The average molecular weight is 146 g/mol. The molecule has 0 amide bonds. The summed E-state index contributed by atoms with van der Waals surface area (Å²) < 4.78 is 0. The molecule has 0 atom stereocenters. The molecule has 0 aliphatic heterocycles. The van der Waals surface area contributed by atoms with E-state index in [9.17, 15) is 4.79 Å². The highest BCUT2D eigenvalue weighted by Crippen LogP contribution is 1.56. The molecular formula is C7H14O3. The summed E-state index contributed by atoms with van der Waals surface area (Å²) >= 11 is 0. The molecule has 3 heteroatoms. The van der Waals surface area contributed by atoms with Gasteiger partial charge in [-0.3, -0.25) is 0 Å². The highest BCUT2D eigenvalue weighted by atomic mass is 16.4. The monoisotopic (exact) mass is 146 g/mol. The second kappa shape index (κ2) is 24.8. The fourth-order valence-electron chi connectivity index (χ4n) is 0. The standard InChI is InChI=1S/C3H4O2.C3H8.CH2O/c1-2-3(4)5;1-3-2;1-2/h2H,1H2,(H,4,5);3H2,1-2H3;1H2. The molecule has 0 rings (SSSR count). The number of hydrogen-bond acceptors (Lipinski definition) is 2. The van der Waals surface area contributed by atoms with Crippen molar-refractivity contribution in [2.75, 3.05) is 0 Å². The molecular weight excluding hydrogens is 132 g/mol. The van der Waals surface area contributed by atoms with Gasteiger partial charge in [0.15, 0.2) is 0 Å². The number of rotatable bonds is 1. The maximum absolute atomic E-state index is 9.25. The highest BCUT2D eigenvalue weighted by molar-refractivity contribution is 5.78. The Morgan fingerprint density at radius 2 is 1.60 bits per heavy atom. The van der Waals surface area contributed by atoms with Gasteiger partial charge < -0.3 is 9.90 Å². The van der Waals surface area contributed by atoms with Crippen LogP contribution in [0.25, 0.3) is 0 Å². The van der Waals surface area contributed by atoms with Gasteiger partial charge in [-0.05, 0) is 0 Å². The van der Waals surface area contributed by atoms with E-state index in [4.69, 9.17) is 9.90 Å². The normalized spacial score (nSPS) is 5.40. The molecule has 0 spiro atoms. The average Bonchev–Trinajstić information content (AvgIpc) is 1.94. The number of hydrogen-bond donors (Lipinski definition) is 1. The minimum atomic E-state index is -0.981. The Labute approximate surface area is 61.4 Å². The number of carboxylic acid groups (broad SMARTS) is 1. The van der Waals surface area contributed by atoms with Crippen LogP contribution in [0.5, 0.6) is 0 Å². The lowest BCUT2D eigenvalue weighted by molar-refractivity contribution is -0.131. The molecule has 0 aliphatic rings. The Balaban J connectivity index is -0.0000000847. The van der Waals surface area contributed by atoms with Gasteiger partial charge in [0.25, 0.3) is 0 Å². The lowest BCUT2D eigenvalue weighted by Crippen LogP contribution is -1.82. The number of carbonyl (C=O) groups excluding carboxylic acids is 1. The maximum atomic E-state index is 9.25. The van der Waals surface area contributed by atoms with Crippen molar-refractivity contribution < 1.29 is 14.7 Å². The maximum Gasteiger partial charge on any atom is 0.327 e. The number of carbonyl (C=O) groups is 2. The van der Waals surface area contributed by atoms with Crippen LogP contribution in [0.15, 0.2) is 12.7 Å².